The van der Waals surface area contributed by atoms with Gasteiger partial charge in [-0.05, 0) is 97.6 Å². The van der Waals surface area contributed by atoms with Crippen LogP contribution >= 0.6 is 0 Å². The normalized spacial score (nSPS) is 24.1. The molecule has 4 N–H and O–H groups in total. The highest BCUT2D eigenvalue weighted by Gasteiger charge is 2.45. The summed E-state index contributed by atoms with van der Waals surface area (Å²) in [7, 11) is 1.85. The number of carboxylic acid groups (broad SMARTS) is 1. The molecule has 1 unspecified atom stereocenters. The summed E-state index contributed by atoms with van der Waals surface area (Å²) in [5.74, 6) is 4.97. The third-order valence-corrected chi connectivity index (χ3v) is 10.4. The molecule has 5 rings (SSSR count). The van der Waals surface area contributed by atoms with E-state index in [9.17, 15) is 19.1 Å². The van der Waals surface area contributed by atoms with Gasteiger partial charge in [-0.3, -0.25) is 4.79 Å². The predicted octanol–water partition coefficient (Wildman–Crippen LogP) is 5.71. The van der Waals surface area contributed by atoms with Crippen molar-refractivity contribution < 1.29 is 29.0 Å². The molecule has 9 nitrogen and oxygen atoms in total. The second-order valence-electron chi connectivity index (χ2n) is 13.0. The van der Waals surface area contributed by atoms with Crippen molar-refractivity contribution in [2.45, 2.75) is 76.3 Å². The molecule has 1 aliphatic heterocycles. The van der Waals surface area contributed by atoms with Gasteiger partial charge in [0, 0.05) is 39.3 Å². The molecule has 10 heteroatoms. The van der Waals surface area contributed by atoms with Crippen LogP contribution in [0, 0.1) is 29.5 Å². The maximum absolute atomic E-state index is 14.3. The largest absolute Gasteiger partial charge is 0.481 e. The van der Waals surface area contributed by atoms with E-state index in [1.54, 1.807) is 29.2 Å². The fourth-order valence-corrected chi connectivity index (χ4v) is 8.10. The number of hydrogen-bond acceptors (Lipinski definition) is 6. The molecule has 44 heavy (non-hydrogen) atoms. The highest BCUT2D eigenvalue weighted by molar-refractivity contribution is 5.74. The van der Waals surface area contributed by atoms with Crippen molar-refractivity contribution in [3.8, 4) is 5.75 Å². The summed E-state index contributed by atoms with van der Waals surface area (Å²) >= 11 is 0. The monoisotopic (exact) mass is 610 g/mol. The number of likely N-dealkylation sites (tertiary alicyclic amines) is 1. The van der Waals surface area contributed by atoms with Gasteiger partial charge in [0.2, 0.25) is 0 Å². The number of piperidine rings is 1. The van der Waals surface area contributed by atoms with Crippen molar-refractivity contribution >= 4 is 12.0 Å². The van der Waals surface area contributed by atoms with Gasteiger partial charge in [-0.1, -0.05) is 48.5 Å². The average Bonchev–Trinajstić information content (AvgIpc) is 3.44. The molecule has 3 fully saturated rings. The Balaban J connectivity index is 1.17. The summed E-state index contributed by atoms with van der Waals surface area (Å²) < 4.78 is 14.3. The molecule has 1 saturated heterocycles. The van der Waals surface area contributed by atoms with E-state index in [2.05, 4.69) is 15.2 Å². The molecule has 2 aromatic rings. The van der Waals surface area contributed by atoms with Gasteiger partial charge in [0.25, 0.3) is 0 Å². The molecule has 0 aromatic heterocycles. The number of amides is 2. The predicted molar refractivity (Wildman–Crippen MR) is 165 cm³/mol. The van der Waals surface area contributed by atoms with Crippen LogP contribution in [0.2, 0.25) is 0 Å². The quantitative estimate of drug-likeness (QED) is 0.221. The first kappa shape index (κ1) is 32.2. The summed E-state index contributed by atoms with van der Waals surface area (Å²) in [5.41, 5.74) is 1.92. The van der Waals surface area contributed by atoms with Crippen LogP contribution in [0.1, 0.15) is 74.8 Å². The number of carboxylic acids is 1. The summed E-state index contributed by atoms with van der Waals surface area (Å²) in [4.78, 5) is 38.7. The number of urea groups is 1. The highest BCUT2D eigenvalue weighted by Crippen LogP contribution is 2.50. The Morgan fingerprint density at radius 1 is 1.05 bits per heavy atom. The molecular weight excluding hydrogens is 563 g/mol. The molecular formula is C34H47FN4O5. The Bertz CT molecular complexity index is 1230. The van der Waals surface area contributed by atoms with E-state index < -0.39 is 5.97 Å². The number of halogens is 1. The fraction of sp³-hybridized carbons (Fsp3) is 0.588. The number of aliphatic carboxylic acids is 1. The number of rotatable bonds is 11. The van der Waals surface area contributed by atoms with Crippen LogP contribution in [-0.2, 0) is 16.3 Å². The Kier molecular flexibility index (Phi) is 11.1. The van der Waals surface area contributed by atoms with Crippen LogP contribution in [0.3, 0.4) is 0 Å². The van der Waals surface area contributed by atoms with Gasteiger partial charge in [-0.15, -0.1) is 0 Å². The molecule has 2 saturated carbocycles. The first-order chi connectivity index (χ1) is 21.3. The molecule has 2 aliphatic carbocycles. The maximum atomic E-state index is 14.3. The van der Waals surface area contributed by atoms with Crippen LogP contribution in [0.15, 0.2) is 48.5 Å². The number of carbonyl (C=O) groups excluding carboxylic acids is 1. The zero-order valence-electron chi connectivity index (χ0n) is 25.7. The van der Waals surface area contributed by atoms with Gasteiger partial charge in [-0.2, -0.15) is 5.90 Å². The Labute approximate surface area is 259 Å². The van der Waals surface area contributed by atoms with Crippen LogP contribution in [-0.4, -0.2) is 59.6 Å². The van der Waals surface area contributed by atoms with Crippen LogP contribution in [0.4, 0.5) is 9.18 Å². The lowest BCUT2D eigenvalue weighted by molar-refractivity contribution is -0.211. The third kappa shape index (κ3) is 8.08. The standard InChI is InChI=1S/C34H47FN4O5/c1-38(34(42)37-21-23-10-12-30(13-11-23)43-44-36)29-14-16-39(17-15-29)22-27-18-26(20-31(27)25-8-5-9-28(35)19-25)32(33(40)41)24-6-3-2-4-7-24/h5,8-13,19,24,26-27,29,31-32H,2-4,6-7,14-18,20-22,36H2,1H3,(H,37,42)(H,40,41)/t26?,27-,31-,32+/m1/s1. The fourth-order valence-electron chi connectivity index (χ4n) is 8.10. The van der Waals surface area contributed by atoms with Gasteiger partial charge in [-0.25, -0.2) is 9.18 Å². The van der Waals surface area contributed by atoms with Crippen molar-refractivity contribution in [3.05, 3.63) is 65.5 Å². The average molecular weight is 611 g/mol. The summed E-state index contributed by atoms with van der Waals surface area (Å²) in [6, 6.07) is 14.1. The topological polar surface area (TPSA) is 117 Å². The first-order valence-corrected chi connectivity index (χ1v) is 16.2. The lowest BCUT2D eigenvalue weighted by atomic mass is 9.73. The highest BCUT2D eigenvalue weighted by atomic mass is 19.1. The van der Waals surface area contributed by atoms with Gasteiger partial charge >= 0.3 is 12.0 Å². The minimum absolute atomic E-state index is 0.110. The van der Waals surface area contributed by atoms with E-state index in [0.717, 1.165) is 82.1 Å². The van der Waals surface area contributed by atoms with Crippen molar-refractivity contribution in [1.82, 2.24) is 15.1 Å². The van der Waals surface area contributed by atoms with Crippen molar-refractivity contribution in [1.29, 1.82) is 0 Å². The van der Waals surface area contributed by atoms with Crippen molar-refractivity contribution in [2.24, 2.45) is 29.6 Å². The lowest BCUT2D eigenvalue weighted by Gasteiger charge is -2.38. The molecule has 0 bridgehead atoms. The number of hydrogen-bond donors (Lipinski definition) is 3. The lowest BCUT2D eigenvalue weighted by Crippen LogP contribution is -2.49. The number of nitrogens with one attached hydrogen (secondary N) is 1. The summed E-state index contributed by atoms with van der Waals surface area (Å²) in [5, 5.41) is 13.3. The molecule has 0 radical (unpaired) electrons. The van der Waals surface area contributed by atoms with E-state index in [0.29, 0.717) is 12.3 Å². The second-order valence-corrected chi connectivity index (χ2v) is 13.0. The van der Waals surface area contributed by atoms with Crippen LogP contribution < -0.4 is 16.1 Å². The Hall–Kier alpha value is -3.21. The SMILES string of the molecule is CN(C(=O)NCc1ccc(OON)cc1)C1CCN(C[C@H]2CC([C@@H](C(=O)O)C3CCCCC3)C[C@@H]2c2cccc(F)c2)CC1. The van der Waals surface area contributed by atoms with Gasteiger partial charge in [0.05, 0.1) is 5.92 Å². The molecule has 1 heterocycles. The number of nitrogens with zero attached hydrogens (tertiary/aromatic N) is 2. The van der Waals surface area contributed by atoms with E-state index in [-0.39, 0.29) is 47.5 Å². The third-order valence-electron chi connectivity index (χ3n) is 10.4. The van der Waals surface area contributed by atoms with E-state index in [1.165, 1.54) is 12.5 Å². The van der Waals surface area contributed by atoms with Crippen LogP contribution in [0.25, 0.3) is 0 Å². The van der Waals surface area contributed by atoms with Crippen molar-refractivity contribution in [2.75, 3.05) is 26.7 Å². The van der Waals surface area contributed by atoms with Gasteiger partial charge in [0.15, 0.2) is 5.75 Å². The zero-order valence-corrected chi connectivity index (χ0v) is 25.7. The minimum Gasteiger partial charge on any atom is -0.481 e. The molecule has 240 valence electrons. The molecule has 0 spiro atoms. The number of carbonyl (C=O) groups is 2. The molecule has 3 aliphatic rings. The van der Waals surface area contributed by atoms with E-state index >= 15 is 0 Å². The van der Waals surface area contributed by atoms with Crippen molar-refractivity contribution in [3.63, 3.8) is 0 Å². The van der Waals surface area contributed by atoms with Crippen LogP contribution in [0.5, 0.6) is 5.75 Å². The first-order valence-electron chi connectivity index (χ1n) is 16.2. The molecule has 2 aromatic carbocycles. The number of nitrogens with two attached hydrogens (primary N) is 1. The molecule has 4 atom stereocenters. The van der Waals surface area contributed by atoms with Gasteiger partial charge in [0.1, 0.15) is 5.82 Å². The summed E-state index contributed by atoms with van der Waals surface area (Å²) in [6.07, 6.45) is 8.85. The Morgan fingerprint density at radius 3 is 2.43 bits per heavy atom. The smallest absolute Gasteiger partial charge is 0.317 e. The van der Waals surface area contributed by atoms with Gasteiger partial charge < -0.3 is 25.1 Å². The maximum Gasteiger partial charge on any atom is 0.317 e. The molecule has 2 amide bonds. The second kappa shape index (κ2) is 15.2. The van der Waals surface area contributed by atoms with E-state index in [1.807, 2.05) is 25.2 Å². The Morgan fingerprint density at radius 2 is 1.77 bits per heavy atom. The number of benzene rings is 2. The summed E-state index contributed by atoms with van der Waals surface area (Å²) in [6.45, 7) is 3.00. The minimum atomic E-state index is -0.658. The van der Waals surface area contributed by atoms with E-state index in [4.69, 9.17) is 10.8 Å². The zero-order chi connectivity index (χ0) is 31.1.